The van der Waals surface area contributed by atoms with Gasteiger partial charge in [-0.2, -0.15) is 0 Å². The Morgan fingerprint density at radius 2 is 2.06 bits per heavy atom. The summed E-state index contributed by atoms with van der Waals surface area (Å²) in [5.41, 5.74) is 0.327. The minimum absolute atomic E-state index is 0.154. The van der Waals surface area contributed by atoms with Gasteiger partial charge in [0.05, 0.1) is 12.2 Å². The van der Waals surface area contributed by atoms with Crippen molar-refractivity contribution in [1.82, 2.24) is 5.32 Å². The largest absolute Gasteiger partial charge is 0.393 e. The van der Waals surface area contributed by atoms with Crippen LogP contribution in [0.25, 0.3) is 0 Å². The van der Waals surface area contributed by atoms with Crippen molar-refractivity contribution in [2.75, 3.05) is 13.1 Å². The Hall–Kier alpha value is -0.970. The molecule has 0 spiro atoms. The van der Waals surface area contributed by atoms with Gasteiger partial charge in [0.1, 0.15) is 5.82 Å². The predicted octanol–water partition coefficient (Wildman–Crippen LogP) is 1.22. The molecule has 3 nitrogen and oxygen atoms in total. The zero-order valence-corrected chi connectivity index (χ0v) is 9.64. The van der Waals surface area contributed by atoms with Crippen molar-refractivity contribution < 1.29 is 14.6 Å². The number of aliphatic hydroxyl groups excluding tert-OH is 2. The Labute approximate surface area is 100 Å². The van der Waals surface area contributed by atoms with Gasteiger partial charge in [0, 0.05) is 12.1 Å². The van der Waals surface area contributed by atoms with E-state index in [1.165, 1.54) is 6.07 Å². The maximum absolute atomic E-state index is 13.3. The minimum atomic E-state index is -0.818. The average molecular weight is 239 g/mol. The first-order valence-electron chi connectivity index (χ1n) is 5.98. The molecule has 0 radical (unpaired) electrons. The number of rotatable bonds is 5. The molecule has 0 aliphatic heterocycles. The minimum Gasteiger partial charge on any atom is -0.393 e. The van der Waals surface area contributed by atoms with E-state index >= 15 is 0 Å². The van der Waals surface area contributed by atoms with Crippen LogP contribution in [0.5, 0.6) is 0 Å². The van der Waals surface area contributed by atoms with E-state index in [1.807, 2.05) is 0 Å². The van der Waals surface area contributed by atoms with Crippen LogP contribution >= 0.6 is 0 Å². The molecule has 4 heteroatoms. The lowest BCUT2D eigenvalue weighted by Crippen LogP contribution is -2.37. The summed E-state index contributed by atoms with van der Waals surface area (Å²) in [4.78, 5) is 0. The number of aliphatic hydroxyl groups is 2. The van der Waals surface area contributed by atoms with Gasteiger partial charge in [-0.3, -0.25) is 0 Å². The fraction of sp³-hybridized carbons (Fsp3) is 0.538. The number of hydrogen-bond acceptors (Lipinski definition) is 3. The second-order valence-corrected chi connectivity index (χ2v) is 4.69. The maximum atomic E-state index is 13.3. The van der Waals surface area contributed by atoms with E-state index in [9.17, 15) is 9.50 Å². The van der Waals surface area contributed by atoms with Crippen LogP contribution in [0.4, 0.5) is 4.39 Å². The lowest BCUT2D eigenvalue weighted by Gasteiger charge is -2.31. The Morgan fingerprint density at radius 3 is 2.71 bits per heavy atom. The smallest absolute Gasteiger partial charge is 0.129 e. The Kier molecular flexibility index (Phi) is 4.10. The summed E-state index contributed by atoms with van der Waals surface area (Å²) >= 11 is 0. The van der Waals surface area contributed by atoms with Gasteiger partial charge in [0.2, 0.25) is 0 Å². The SMILES string of the molecule is OC1CC(CNCC(O)c2ccccc2F)C1. The second kappa shape index (κ2) is 5.58. The molecule has 1 atom stereocenters. The number of hydrogen-bond donors (Lipinski definition) is 3. The van der Waals surface area contributed by atoms with Gasteiger partial charge >= 0.3 is 0 Å². The molecule has 3 N–H and O–H groups in total. The molecule has 1 unspecified atom stereocenters. The van der Waals surface area contributed by atoms with Gasteiger partial charge in [-0.25, -0.2) is 4.39 Å². The first-order chi connectivity index (χ1) is 8.16. The quantitative estimate of drug-likeness (QED) is 0.724. The number of nitrogens with one attached hydrogen (secondary N) is 1. The third-order valence-corrected chi connectivity index (χ3v) is 3.25. The summed E-state index contributed by atoms with van der Waals surface area (Å²) < 4.78 is 13.3. The third-order valence-electron chi connectivity index (χ3n) is 3.25. The van der Waals surface area contributed by atoms with Crippen molar-refractivity contribution >= 4 is 0 Å². The number of benzene rings is 1. The summed E-state index contributed by atoms with van der Waals surface area (Å²) in [6.45, 7) is 1.11. The molecule has 0 saturated heterocycles. The number of halogens is 1. The summed E-state index contributed by atoms with van der Waals surface area (Å²) in [6.07, 6.45) is 0.672. The van der Waals surface area contributed by atoms with Crippen LogP contribution in [0.2, 0.25) is 0 Å². The molecular formula is C13H18FNO2. The zero-order valence-electron chi connectivity index (χ0n) is 9.64. The normalized spacial score (nSPS) is 25.4. The lowest BCUT2D eigenvalue weighted by atomic mass is 9.82. The van der Waals surface area contributed by atoms with Gasteiger partial charge in [0.15, 0.2) is 0 Å². The van der Waals surface area contributed by atoms with Crippen LogP contribution in [-0.2, 0) is 0 Å². The van der Waals surface area contributed by atoms with Crippen molar-refractivity contribution in [1.29, 1.82) is 0 Å². The average Bonchev–Trinajstić information content (AvgIpc) is 2.27. The van der Waals surface area contributed by atoms with Crippen molar-refractivity contribution in [3.05, 3.63) is 35.6 Å². The highest BCUT2D eigenvalue weighted by molar-refractivity contribution is 5.19. The summed E-state index contributed by atoms with van der Waals surface area (Å²) in [5.74, 6) is 0.110. The summed E-state index contributed by atoms with van der Waals surface area (Å²) in [6, 6.07) is 6.26. The second-order valence-electron chi connectivity index (χ2n) is 4.69. The lowest BCUT2D eigenvalue weighted by molar-refractivity contribution is 0.0414. The van der Waals surface area contributed by atoms with Gasteiger partial charge in [-0.15, -0.1) is 0 Å². The van der Waals surface area contributed by atoms with E-state index in [0.717, 1.165) is 19.4 Å². The highest BCUT2D eigenvalue weighted by Gasteiger charge is 2.26. The molecule has 2 rings (SSSR count). The monoisotopic (exact) mass is 239 g/mol. The standard InChI is InChI=1S/C13H18FNO2/c14-12-4-2-1-3-11(12)13(17)8-15-7-9-5-10(16)6-9/h1-4,9-10,13,15-17H,5-8H2. The predicted molar refractivity (Wildman–Crippen MR) is 63.0 cm³/mol. The fourth-order valence-corrected chi connectivity index (χ4v) is 2.15. The highest BCUT2D eigenvalue weighted by Crippen LogP contribution is 2.26. The van der Waals surface area contributed by atoms with Crippen LogP contribution in [0, 0.1) is 11.7 Å². The fourth-order valence-electron chi connectivity index (χ4n) is 2.15. The molecule has 1 saturated carbocycles. The van der Waals surface area contributed by atoms with E-state index < -0.39 is 6.10 Å². The molecule has 0 amide bonds. The van der Waals surface area contributed by atoms with E-state index in [2.05, 4.69) is 5.32 Å². The molecule has 1 aromatic rings. The molecule has 0 heterocycles. The third kappa shape index (κ3) is 3.25. The van der Waals surface area contributed by atoms with Crippen LogP contribution in [0.15, 0.2) is 24.3 Å². The Morgan fingerprint density at radius 1 is 1.35 bits per heavy atom. The van der Waals surface area contributed by atoms with Crippen molar-refractivity contribution in [3.8, 4) is 0 Å². The van der Waals surface area contributed by atoms with Crippen LogP contribution < -0.4 is 5.32 Å². The van der Waals surface area contributed by atoms with Crippen molar-refractivity contribution in [3.63, 3.8) is 0 Å². The maximum Gasteiger partial charge on any atom is 0.129 e. The molecule has 94 valence electrons. The molecule has 0 bridgehead atoms. The first kappa shape index (κ1) is 12.5. The molecule has 1 aromatic carbocycles. The highest BCUT2D eigenvalue weighted by atomic mass is 19.1. The van der Waals surface area contributed by atoms with Gasteiger partial charge in [-0.1, -0.05) is 18.2 Å². The molecule has 17 heavy (non-hydrogen) atoms. The molecular weight excluding hydrogens is 221 g/mol. The summed E-state index contributed by atoms with van der Waals surface area (Å²) in [7, 11) is 0. The molecule has 1 aliphatic rings. The van der Waals surface area contributed by atoms with Gasteiger partial charge in [0.25, 0.3) is 0 Å². The topological polar surface area (TPSA) is 52.5 Å². The van der Waals surface area contributed by atoms with E-state index in [4.69, 9.17) is 5.11 Å². The molecule has 1 aliphatic carbocycles. The van der Waals surface area contributed by atoms with E-state index in [0.29, 0.717) is 18.0 Å². The van der Waals surface area contributed by atoms with Crippen molar-refractivity contribution in [2.24, 2.45) is 5.92 Å². The zero-order chi connectivity index (χ0) is 12.3. The van der Waals surface area contributed by atoms with E-state index in [1.54, 1.807) is 18.2 Å². The first-order valence-corrected chi connectivity index (χ1v) is 5.98. The van der Waals surface area contributed by atoms with Gasteiger partial charge < -0.3 is 15.5 Å². The van der Waals surface area contributed by atoms with Crippen molar-refractivity contribution in [2.45, 2.75) is 25.0 Å². The van der Waals surface area contributed by atoms with Crippen LogP contribution in [-0.4, -0.2) is 29.4 Å². The van der Waals surface area contributed by atoms with Gasteiger partial charge in [-0.05, 0) is 31.4 Å². The Balaban J connectivity index is 1.74. The molecule has 1 fully saturated rings. The van der Waals surface area contributed by atoms with E-state index in [-0.39, 0.29) is 11.9 Å². The molecule has 0 aromatic heterocycles. The van der Waals surface area contributed by atoms with Crippen LogP contribution in [0.1, 0.15) is 24.5 Å². The van der Waals surface area contributed by atoms with Crippen LogP contribution in [0.3, 0.4) is 0 Å². The Bertz CT molecular complexity index is 366. The summed E-state index contributed by atoms with van der Waals surface area (Å²) in [5, 5.41) is 22.0.